The van der Waals surface area contributed by atoms with Gasteiger partial charge in [0.05, 0.1) is 11.5 Å². The third-order valence-corrected chi connectivity index (χ3v) is 4.75. The number of carboxylic acids is 1. The summed E-state index contributed by atoms with van der Waals surface area (Å²) in [5, 5.41) is 25.7. The monoisotopic (exact) mass is 378 g/mol. The molecule has 9 heteroatoms. The quantitative estimate of drug-likeness (QED) is 0.419. The lowest BCUT2D eigenvalue weighted by molar-refractivity contribution is -0.384. The van der Waals surface area contributed by atoms with Crippen molar-refractivity contribution in [2.75, 3.05) is 18.4 Å². The molecule has 1 atom stereocenters. The summed E-state index contributed by atoms with van der Waals surface area (Å²) in [7, 11) is 0. The Morgan fingerprint density at radius 1 is 1.33 bits per heavy atom. The Morgan fingerprint density at radius 3 is 2.48 bits per heavy atom. The van der Waals surface area contributed by atoms with Crippen molar-refractivity contribution in [1.82, 2.24) is 10.2 Å². The number of amides is 1. The van der Waals surface area contributed by atoms with E-state index in [0.29, 0.717) is 12.2 Å². The van der Waals surface area contributed by atoms with Gasteiger partial charge in [-0.05, 0) is 38.4 Å². The second kappa shape index (κ2) is 9.43. The van der Waals surface area contributed by atoms with Crippen molar-refractivity contribution in [3.05, 3.63) is 34.4 Å². The number of hydrogen-bond acceptors (Lipinski definition) is 6. The maximum atomic E-state index is 12.1. The average Bonchev–Trinajstić information content (AvgIpc) is 2.56. The third kappa shape index (κ3) is 6.30. The van der Waals surface area contributed by atoms with Crippen molar-refractivity contribution in [1.29, 1.82) is 0 Å². The number of hydrogen-bond donors (Lipinski definition) is 3. The van der Waals surface area contributed by atoms with Gasteiger partial charge in [0.15, 0.2) is 0 Å². The molecule has 0 heterocycles. The first-order valence-electron chi connectivity index (χ1n) is 9.04. The maximum absolute atomic E-state index is 12.1. The van der Waals surface area contributed by atoms with E-state index < -0.39 is 10.9 Å². The van der Waals surface area contributed by atoms with Crippen LogP contribution in [0.2, 0.25) is 0 Å². The summed E-state index contributed by atoms with van der Waals surface area (Å²) in [5.74, 6) is -0.981. The predicted octanol–water partition coefficient (Wildman–Crippen LogP) is 1.84. The van der Waals surface area contributed by atoms with Gasteiger partial charge in [0, 0.05) is 42.4 Å². The summed E-state index contributed by atoms with van der Waals surface area (Å²) in [6.07, 6.45) is 2.02. The van der Waals surface area contributed by atoms with Crippen LogP contribution in [0.25, 0.3) is 0 Å². The number of non-ortho nitro benzene ring substituents is 1. The van der Waals surface area contributed by atoms with E-state index in [9.17, 15) is 19.7 Å². The van der Waals surface area contributed by atoms with Gasteiger partial charge in [-0.1, -0.05) is 6.92 Å². The number of nitro groups is 1. The molecule has 1 aromatic carbocycles. The minimum absolute atomic E-state index is 0.0217. The first-order valence-corrected chi connectivity index (χ1v) is 9.04. The van der Waals surface area contributed by atoms with Crippen LogP contribution in [0.5, 0.6) is 0 Å². The lowest BCUT2D eigenvalue weighted by Gasteiger charge is -2.43. The molecule has 27 heavy (non-hydrogen) atoms. The number of likely N-dealkylation sites (N-methyl/N-ethyl adjacent to an activating group) is 1. The zero-order valence-corrected chi connectivity index (χ0v) is 15.6. The molecule has 148 valence electrons. The second-order valence-corrected chi connectivity index (χ2v) is 6.90. The van der Waals surface area contributed by atoms with Crippen molar-refractivity contribution < 1.29 is 19.6 Å². The molecule has 1 fully saturated rings. The average molecular weight is 378 g/mol. The first kappa shape index (κ1) is 20.8. The van der Waals surface area contributed by atoms with Crippen LogP contribution in [0.3, 0.4) is 0 Å². The molecule has 9 nitrogen and oxygen atoms in total. The van der Waals surface area contributed by atoms with E-state index in [4.69, 9.17) is 5.11 Å². The van der Waals surface area contributed by atoms with Gasteiger partial charge in [-0.25, -0.2) is 0 Å². The van der Waals surface area contributed by atoms with Gasteiger partial charge < -0.3 is 15.7 Å². The van der Waals surface area contributed by atoms with E-state index in [2.05, 4.69) is 10.6 Å². The summed E-state index contributed by atoms with van der Waals surface area (Å²) >= 11 is 0. The number of carbonyl (C=O) groups is 2. The predicted molar refractivity (Wildman–Crippen MR) is 101 cm³/mol. The van der Waals surface area contributed by atoms with Crippen molar-refractivity contribution in [3.63, 3.8) is 0 Å². The van der Waals surface area contributed by atoms with Gasteiger partial charge >= 0.3 is 5.97 Å². The van der Waals surface area contributed by atoms with Crippen LogP contribution in [-0.4, -0.2) is 58.0 Å². The molecule has 3 N–H and O–H groups in total. The van der Waals surface area contributed by atoms with Crippen molar-refractivity contribution in [2.45, 2.75) is 51.2 Å². The first-order chi connectivity index (χ1) is 12.8. The summed E-state index contributed by atoms with van der Waals surface area (Å²) in [6, 6.07) is 6.23. The number of nitrogens with zero attached hydrogens (tertiary/aromatic N) is 2. The molecule has 0 aromatic heterocycles. The van der Waals surface area contributed by atoms with Gasteiger partial charge in [0.2, 0.25) is 5.91 Å². The smallest absolute Gasteiger partial charge is 0.317 e. The molecule has 1 aromatic rings. The number of nitro benzene ring substituents is 1. The van der Waals surface area contributed by atoms with Crippen molar-refractivity contribution >= 4 is 23.3 Å². The topological polar surface area (TPSA) is 125 Å². The molecule has 1 unspecified atom stereocenters. The molecule has 0 radical (unpaired) electrons. The molecular formula is C18H26N4O5. The largest absolute Gasteiger partial charge is 0.480 e. The summed E-state index contributed by atoms with van der Waals surface area (Å²) < 4.78 is 0. The molecule has 1 aliphatic carbocycles. The molecule has 2 rings (SSSR count). The second-order valence-electron chi connectivity index (χ2n) is 6.90. The fourth-order valence-electron chi connectivity index (χ4n) is 3.31. The standard InChI is InChI=1S/C18H26N4O5/c1-3-21(11-18(24)25)16-9-14(10-16)19-12(2)8-17(23)20-13-4-6-15(7-5-13)22(26)27/h4-7,12,14,16,19H,3,8-11H2,1-2H3,(H,20,23)(H,24,25). The minimum Gasteiger partial charge on any atom is -0.480 e. The van der Waals surface area contributed by atoms with E-state index in [1.54, 1.807) is 0 Å². The van der Waals surface area contributed by atoms with Crippen LogP contribution in [0.1, 0.15) is 33.1 Å². The van der Waals surface area contributed by atoms with Crippen LogP contribution in [0, 0.1) is 10.1 Å². The van der Waals surface area contributed by atoms with Crippen LogP contribution in [0.15, 0.2) is 24.3 Å². The fraction of sp³-hybridized carbons (Fsp3) is 0.556. The Hall–Kier alpha value is -2.52. The molecule has 1 saturated carbocycles. The van der Waals surface area contributed by atoms with Crippen molar-refractivity contribution in [3.8, 4) is 0 Å². The maximum Gasteiger partial charge on any atom is 0.317 e. The number of rotatable bonds is 10. The van der Waals surface area contributed by atoms with E-state index >= 15 is 0 Å². The van der Waals surface area contributed by atoms with Gasteiger partial charge in [0.25, 0.3) is 5.69 Å². The highest BCUT2D eigenvalue weighted by Gasteiger charge is 2.34. The lowest BCUT2D eigenvalue weighted by atomic mass is 9.84. The molecule has 1 aliphatic rings. The highest BCUT2D eigenvalue weighted by atomic mass is 16.6. The number of anilines is 1. The van der Waals surface area contributed by atoms with Crippen molar-refractivity contribution in [2.24, 2.45) is 0 Å². The highest BCUT2D eigenvalue weighted by molar-refractivity contribution is 5.91. The molecule has 0 saturated heterocycles. The Balaban J connectivity index is 1.71. The molecule has 1 amide bonds. The van der Waals surface area contributed by atoms with E-state index in [-0.39, 0.29) is 42.7 Å². The van der Waals surface area contributed by atoms with Crippen LogP contribution in [0.4, 0.5) is 11.4 Å². The van der Waals surface area contributed by atoms with E-state index in [1.807, 2.05) is 18.7 Å². The Kier molecular flexibility index (Phi) is 7.26. The van der Waals surface area contributed by atoms with Gasteiger partial charge in [-0.2, -0.15) is 0 Å². The number of carboxylic acid groups (broad SMARTS) is 1. The van der Waals surface area contributed by atoms with Crippen LogP contribution < -0.4 is 10.6 Å². The molecular weight excluding hydrogens is 352 g/mol. The number of benzene rings is 1. The Morgan fingerprint density at radius 2 is 1.96 bits per heavy atom. The van der Waals surface area contributed by atoms with E-state index in [0.717, 1.165) is 12.8 Å². The molecule has 0 aliphatic heterocycles. The number of nitrogens with one attached hydrogen (secondary N) is 2. The van der Waals surface area contributed by atoms with Gasteiger partial charge in [-0.3, -0.25) is 24.6 Å². The molecule has 0 bridgehead atoms. The summed E-state index contributed by atoms with van der Waals surface area (Å²) in [6.45, 7) is 4.64. The zero-order valence-electron chi connectivity index (χ0n) is 15.6. The summed E-state index contributed by atoms with van der Waals surface area (Å²) in [4.78, 5) is 35.1. The number of aliphatic carboxylic acids is 1. The molecule has 0 spiro atoms. The van der Waals surface area contributed by atoms with E-state index in [1.165, 1.54) is 24.3 Å². The Labute approximate surface area is 157 Å². The summed E-state index contributed by atoms with van der Waals surface area (Å²) in [5.41, 5.74) is 0.500. The lowest BCUT2D eigenvalue weighted by Crippen LogP contribution is -2.55. The van der Waals surface area contributed by atoms with Gasteiger partial charge in [-0.15, -0.1) is 0 Å². The highest BCUT2D eigenvalue weighted by Crippen LogP contribution is 2.26. The SMILES string of the molecule is CCN(CC(=O)O)C1CC(NC(C)CC(=O)Nc2ccc([N+](=O)[O-])cc2)C1. The van der Waals surface area contributed by atoms with Gasteiger partial charge in [0.1, 0.15) is 0 Å². The Bertz CT molecular complexity index is 673. The zero-order chi connectivity index (χ0) is 20.0. The number of carbonyl (C=O) groups excluding carboxylic acids is 1. The third-order valence-electron chi connectivity index (χ3n) is 4.75. The fourth-order valence-corrected chi connectivity index (χ4v) is 3.31. The van der Waals surface area contributed by atoms with Crippen LogP contribution >= 0.6 is 0 Å². The van der Waals surface area contributed by atoms with Crippen LogP contribution in [-0.2, 0) is 9.59 Å². The normalized spacial score (nSPS) is 20.0. The minimum atomic E-state index is -0.815.